The lowest BCUT2D eigenvalue weighted by Crippen LogP contribution is -2.30. The minimum Gasteiger partial charge on any atom is -0.507 e. The predicted octanol–water partition coefficient (Wildman–Crippen LogP) is 1.83. The Morgan fingerprint density at radius 1 is 1.39 bits per heavy atom. The van der Waals surface area contributed by atoms with Crippen molar-refractivity contribution in [3.05, 3.63) is 23.8 Å². The van der Waals surface area contributed by atoms with Gasteiger partial charge in [-0.2, -0.15) is 0 Å². The Kier molecular flexibility index (Phi) is 3.78. The van der Waals surface area contributed by atoms with E-state index in [1.807, 2.05) is 6.92 Å². The molecule has 0 aromatic heterocycles. The van der Waals surface area contributed by atoms with Gasteiger partial charge >= 0.3 is 0 Å². The van der Waals surface area contributed by atoms with Gasteiger partial charge in [-0.05, 0) is 44.9 Å². The molecule has 1 aliphatic heterocycles. The molecule has 4 nitrogen and oxygen atoms in total. The maximum Gasteiger partial charge on any atom is 0.124 e. The van der Waals surface area contributed by atoms with Crippen LogP contribution in [-0.2, 0) is 0 Å². The van der Waals surface area contributed by atoms with Crippen molar-refractivity contribution >= 4 is 0 Å². The van der Waals surface area contributed by atoms with Crippen LogP contribution in [0.4, 0.5) is 0 Å². The number of phenols is 2. The van der Waals surface area contributed by atoms with Crippen LogP contribution in [-0.4, -0.2) is 34.2 Å². The van der Waals surface area contributed by atoms with E-state index in [1.54, 1.807) is 18.2 Å². The number of benzene rings is 1. The van der Waals surface area contributed by atoms with Crippen molar-refractivity contribution in [1.82, 2.24) is 4.90 Å². The van der Waals surface area contributed by atoms with Gasteiger partial charge in [-0.15, -0.1) is 0 Å². The number of nitrogens with zero attached hydrogens (tertiary/aromatic N) is 1. The Morgan fingerprint density at radius 2 is 2.00 bits per heavy atom. The van der Waals surface area contributed by atoms with Gasteiger partial charge in [-0.3, -0.25) is 4.90 Å². The number of hydrogen-bond acceptors (Lipinski definition) is 4. The Hall–Kier alpha value is -1.26. The second-order valence-corrected chi connectivity index (χ2v) is 5.27. The van der Waals surface area contributed by atoms with Crippen LogP contribution in [0.15, 0.2) is 18.2 Å². The molecule has 100 valence electrons. The smallest absolute Gasteiger partial charge is 0.124 e. The molecule has 1 saturated heterocycles. The molecule has 3 atom stereocenters. The Morgan fingerprint density at radius 3 is 2.50 bits per heavy atom. The largest absolute Gasteiger partial charge is 0.507 e. The van der Waals surface area contributed by atoms with Crippen molar-refractivity contribution in [2.24, 2.45) is 11.7 Å². The predicted molar refractivity (Wildman–Crippen MR) is 71.5 cm³/mol. The summed E-state index contributed by atoms with van der Waals surface area (Å²) in [5.41, 5.74) is 6.34. The first-order valence-electron chi connectivity index (χ1n) is 6.51. The quantitative estimate of drug-likeness (QED) is 0.765. The van der Waals surface area contributed by atoms with Crippen molar-refractivity contribution in [2.45, 2.75) is 32.4 Å². The monoisotopic (exact) mass is 250 g/mol. The molecule has 1 fully saturated rings. The van der Waals surface area contributed by atoms with Crippen LogP contribution in [0.25, 0.3) is 0 Å². The Balaban J connectivity index is 2.24. The zero-order valence-corrected chi connectivity index (χ0v) is 11.0. The molecule has 2 rings (SSSR count). The van der Waals surface area contributed by atoms with Crippen molar-refractivity contribution in [3.63, 3.8) is 0 Å². The zero-order valence-electron chi connectivity index (χ0n) is 11.0. The van der Waals surface area contributed by atoms with Crippen molar-refractivity contribution < 1.29 is 10.2 Å². The van der Waals surface area contributed by atoms with E-state index >= 15 is 0 Å². The number of hydrogen-bond donors (Lipinski definition) is 3. The zero-order chi connectivity index (χ0) is 13.3. The molecule has 18 heavy (non-hydrogen) atoms. The van der Waals surface area contributed by atoms with E-state index in [-0.39, 0.29) is 17.5 Å². The lowest BCUT2D eigenvalue weighted by Gasteiger charge is -2.29. The van der Waals surface area contributed by atoms with Gasteiger partial charge in [0.1, 0.15) is 11.5 Å². The van der Waals surface area contributed by atoms with Gasteiger partial charge < -0.3 is 15.9 Å². The third-order valence-corrected chi connectivity index (χ3v) is 4.02. The van der Waals surface area contributed by atoms with Crippen molar-refractivity contribution in [1.29, 1.82) is 0 Å². The molecule has 4 N–H and O–H groups in total. The van der Waals surface area contributed by atoms with Crippen molar-refractivity contribution in [2.75, 3.05) is 13.1 Å². The van der Waals surface area contributed by atoms with Gasteiger partial charge in [0.25, 0.3) is 0 Å². The third kappa shape index (κ3) is 2.31. The maximum absolute atomic E-state index is 9.92. The molecule has 1 aromatic rings. The number of nitrogens with two attached hydrogens (primary N) is 1. The van der Waals surface area contributed by atoms with Crippen LogP contribution in [0.2, 0.25) is 0 Å². The van der Waals surface area contributed by atoms with E-state index in [2.05, 4.69) is 11.8 Å². The Bertz CT molecular complexity index is 402. The molecular formula is C14H22N2O2. The van der Waals surface area contributed by atoms with E-state index in [9.17, 15) is 10.2 Å². The maximum atomic E-state index is 9.92. The fourth-order valence-electron chi connectivity index (χ4n) is 3.02. The molecule has 0 saturated carbocycles. The summed E-state index contributed by atoms with van der Waals surface area (Å²) >= 11 is 0. The number of phenolic OH excluding ortho intramolecular Hbond substituents is 2. The number of aromatic hydroxyl groups is 2. The highest BCUT2D eigenvalue weighted by Gasteiger charge is 2.33. The van der Waals surface area contributed by atoms with E-state index < -0.39 is 0 Å². The van der Waals surface area contributed by atoms with Crippen LogP contribution < -0.4 is 5.73 Å². The standard InChI is InChI=1S/C14H22N2O2/c1-9-6-11(7-15)8-16(9)10(2)14-12(17)4-3-5-13(14)18/h3-5,9-11,17-18H,6-8,15H2,1-2H3. The van der Waals surface area contributed by atoms with Crippen LogP contribution >= 0.6 is 0 Å². The molecule has 1 aromatic carbocycles. The second-order valence-electron chi connectivity index (χ2n) is 5.27. The van der Waals surface area contributed by atoms with Gasteiger partial charge in [0.2, 0.25) is 0 Å². The van der Waals surface area contributed by atoms with E-state index in [1.165, 1.54) is 0 Å². The molecule has 0 spiro atoms. The molecule has 0 radical (unpaired) electrons. The lowest BCUT2D eigenvalue weighted by atomic mass is 10.0. The van der Waals surface area contributed by atoms with Gasteiger partial charge in [0, 0.05) is 18.6 Å². The summed E-state index contributed by atoms with van der Waals surface area (Å²) in [5.74, 6) is 0.826. The van der Waals surface area contributed by atoms with Gasteiger partial charge in [-0.25, -0.2) is 0 Å². The first kappa shape index (κ1) is 13.2. The molecule has 0 aliphatic carbocycles. The summed E-state index contributed by atoms with van der Waals surface area (Å²) in [6, 6.07) is 5.31. The van der Waals surface area contributed by atoms with Gasteiger partial charge in [0.05, 0.1) is 5.56 Å². The van der Waals surface area contributed by atoms with Crippen LogP contribution in [0, 0.1) is 5.92 Å². The fraction of sp³-hybridized carbons (Fsp3) is 0.571. The molecule has 4 heteroatoms. The van der Waals surface area contributed by atoms with Crippen LogP contribution in [0.5, 0.6) is 11.5 Å². The van der Waals surface area contributed by atoms with E-state index in [0.29, 0.717) is 24.1 Å². The average molecular weight is 250 g/mol. The molecule has 0 amide bonds. The first-order chi connectivity index (χ1) is 8.54. The normalized spacial score (nSPS) is 26.4. The fourth-order valence-corrected chi connectivity index (χ4v) is 3.02. The van der Waals surface area contributed by atoms with Crippen molar-refractivity contribution in [3.8, 4) is 11.5 Å². The summed E-state index contributed by atoms with van der Waals surface area (Å²) in [5, 5.41) is 19.8. The summed E-state index contributed by atoms with van der Waals surface area (Å²) in [4.78, 5) is 2.30. The molecule has 0 bridgehead atoms. The highest BCUT2D eigenvalue weighted by Crippen LogP contribution is 2.39. The van der Waals surface area contributed by atoms with Gasteiger partial charge in [0.15, 0.2) is 0 Å². The second kappa shape index (κ2) is 5.16. The molecule has 1 heterocycles. The van der Waals surface area contributed by atoms with E-state index in [0.717, 1.165) is 13.0 Å². The number of likely N-dealkylation sites (tertiary alicyclic amines) is 1. The topological polar surface area (TPSA) is 69.7 Å². The average Bonchev–Trinajstić information content (AvgIpc) is 2.70. The summed E-state index contributed by atoms with van der Waals surface area (Å²) in [6.45, 7) is 5.81. The SMILES string of the molecule is CC1CC(CN)CN1C(C)c1c(O)cccc1O. The Labute approximate surface area is 108 Å². The van der Waals surface area contributed by atoms with E-state index in [4.69, 9.17) is 5.73 Å². The van der Waals surface area contributed by atoms with Crippen LogP contribution in [0.1, 0.15) is 31.9 Å². The summed E-state index contributed by atoms with van der Waals surface area (Å²) in [6.07, 6.45) is 1.08. The molecule has 1 aliphatic rings. The molecule has 3 unspecified atom stereocenters. The third-order valence-electron chi connectivity index (χ3n) is 4.02. The highest BCUT2D eigenvalue weighted by atomic mass is 16.3. The summed E-state index contributed by atoms with van der Waals surface area (Å²) in [7, 11) is 0. The minimum atomic E-state index is -0.00208. The van der Waals surface area contributed by atoms with Crippen LogP contribution in [0.3, 0.4) is 0 Å². The minimum absolute atomic E-state index is 0.00208. The lowest BCUT2D eigenvalue weighted by molar-refractivity contribution is 0.194. The summed E-state index contributed by atoms with van der Waals surface area (Å²) < 4.78 is 0. The molecular weight excluding hydrogens is 228 g/mol. The van der Waals surface area contributed by atoms with Gasteiger partial charge in [-0.1, -0.05) is 6.07 Å². The first-order valence-corrected chi connectivity index (χ1v) is 6.51. The highest BCUT2D eigenvalue weighted by molar-refractivity contribution is 5.45. The number of rotatable bonds is 3.